The first-order valence-electron chi connectivity index (χ1n) is 6.84. The maximum Gasteiger partial charge on any atom is 0.321 e. The number of imide groups is 1. The summed E-state index contributed by atoms with van der Waals surface area (Å²) in [6, 6.07) is -0.685. The molecule has 0 saturated heterocycles. The fraction of sp³-hybridized carbons (Fsp3) is 0.846. The van der Waals surface area contributed by atoms with Crippen LogP contribution in [0.2, 0.25) is 0 Å². The monoisotopic (exact) mass is 272 g/mol. The largest absolute Gasteiger partial charge is 0.338 e. The lowest BCUT2D eigenvalue weighted by molar-refractivity contribution is -0.124. The molecule has 6 nitrogen and oxygen atoms in total. The van der Waals surface area contributed by atoms with Gasteiger partial charge in [-0.05, 0) is 33.2 Å². The molecule has 0 radical (unpaired) electrons. The zero-order valence-corrected chi connectivity index (χ0v) is 12.7. The Balaban J connectivity index is 4.14. The van der Waals surface area contributed by atoms with Crippen molar-refractivity contribution in [3.05, 3.63) is 0 Å². The van der Waals surface area contributed by atoms with E-state index in [-0.39, 0.29) is 18.0 Å². The molecule has 6 heteroatoms. The van der Waals surface area contributed by atoms with Crippen molar-refractivity contribution in [3.63, 3.8) is 0 Å². The van der Waals surface area contributed by atoms with Gasteiger partial charge in [-0.1, -0.05) is 13.8 Å². The second-order valence-corrected chi connectivity index (χ2v) is 5.20. The molecule has 0 aliphatic rings. The van der Waals surface area contributed by atoms with E-state index in [4.69, 9.17) is 5.73 Å². The van der Waals surface area contributed by atoms with Crippen molar-refractivity contribution in [3.8, 4) is 0 Å². The Labute approximate surface area is 116 Å². The normalized spacial score (nSPS) is 14.3. The standard InChI is InChI=1S/C13H28N4O2/c1-6-15-13(19)16-12(18)10(4)17(5)8-7-11(14)9(2)3/h9-11H,6-8,14H2,1-5H3,(H2,15,16,18,19). The molecule has 0 rings (SSSR count). The van der Waals surface area contributed by atoms with Crippen LogP contribution < -0.4 is 16.4 Å². The van der Waals surface area contributed by atoms with Gasteiger partial charge in [0.05, 0.1) is 6.04 Å². The number of hydrogen-bond acceptors (Lipinski definition) is 4. The molecule has 0 aliphatic carbocycles. The topological polar surface area (TPSA) is 87.5 Å². The minimum absolute atomic E-state index is 0.126. The number of carbonyl (C=O) groups excluding carboxylic acids is 2. The number of amides is 3. The quantitative estimate of drug-likeness (QED) is 0.631. The molecule has 0 heterocycles. The van der Waals surface area contributed by atoms with Crippen LogP contribution >= 0.6 is 0 Å². The Morgan fingerprint density at radius 3 is 2.32 bits per heavy atom. The van der Waals surface area contributed by atoms with E-state index in [1.165, 1.54) is 0 Å². The molecular weight excluding hydrogens is 244 g/mol. The van der Waals surface area contributed by atoms with Crippen molar-refractivity contribution in [2.45, 2.75) is 46.2 Å². The molecule has 0 spiro atoms. The van der Waals surface area contributed by atoms with Crippen LogP contribution in [0.5, 0.6) is 0 Å². The van der Waals surface area contributed by atoms with Crippen molar-refractivity contribution >= 4 is 11.9 Å². The van der Waals surface area contributed by atoms with Crippen LogP contribution in [0.1, 0.15) is 34.1 Å². The van der Waals surface area contributed by atoms with Crippen LogP contribution in [0.15, 0.2) is 0 Å². The molecule has 112 valence electrons. The van der Waals surface area contributed by atoms with Crippen molar-refractivity contribution in [2.24, 2.45) is 11.7 Å². The first-order valence-corrected chi connectivity index (χ1v) is 6.84. The molecule has 2 unspecified atom stereocenters. The SMILES string of the molecule is CCNC(=O)NC(=O)C(C)N(C)CCC(N)C(C)C. The molecule has 2 atom stereocenters. The van der Waals surface area contributed by atoms with Gasteiger partial charge in [0, 0.05) is 19.1 Å². The average Bonchev–Trinajstić information content (AvgIpc) is 2.34. The number of carbonyl (C=O) groups is 2. The molecule has 0 aromatic carbocycles. The first-order chi connectivity index (χ1) is 8.79. The van der Waals surface area contributed by atoms with E-state index in [1.54, 1.807) is 13.8 Å². The fourth-order valence-electron chi connectivity index (χ4n) is 1.50. The smallest absolute Gasteiger partial charge is 0.321 e. The van der Waals surface area contributed by atoms with Gasteiger partial charge in [0.25, 0.3) is 0 Å². The molecule has 0 bridgehead atoms. The van der Waals surface area contributed by atoms with E-state index in [2.05, 4.69) is 24.5 Å². The molecule has 3 amide bonds. The van der Waals surface area contributed by atoms with Gasteiger partial charge in [0.2, 0.25) is 5.91 Å². The van der Waals surface area contributed by atoms with Crippen LogP contribution in [-0.4, -0.2) is 49.1 Å². The van der Waals surface area contributed by atoms with Gasteiger partial charge in [-0.25, -0.2) is 4.79 Å². The summed E-state index contributed by atoms with van der Waals surface area (Å²) in [5.41, 5.74) is 5.97. The van der Waals surface area contributed by atoms with E-state index < -0.39 is 6.03 Å². The number of nitrogens with one attached hydrogen (secondary N) is 2. The lowest BCUT2D eigenvalue weighted by Gasteiger charge is -2.25. The predicted molar refractivity (Wildman–Crippen MR) is 76.7 cm³/mol. The molecule has 0 aromatic rings. The Hall–Kier alpha value is -1.14. The van der Waals surface area contributed by atoms with Crippen LogP contribution in [0, 0.1) is 5.92 Å². The summed E-state index contributed by atoms with van der Waals surface area (Å²) in [5, 5.41) is 4.84. The number of urea groups is 1. The Bertz CT molecular complexity index is 294. The fourth-order valence-corrected chi connectivity index (χ4v) is 1.50. The van der Waals surface area contributed by atoms with E-state index in [0.29, 0.717) is 12.5 Å². The first kappa shape index (κ1) is 17.9. The number of hydrogen-bond donors (Lipinski definition) is 3. The van der Waals surface area contributed by atoms with Gasteiger partial charge in [0.15, 0.2) is 0 Å². The number of rotatable bonds is 7. The number of nitrogens with zero attached hydrogens (tertiary/aromatic N) is 1. The minimum Gasteiger partial charge on any atom is -0.338 e. The molecule has 0 saturated carbocycles. The third kappa shape index (κ3) is 7.12. The Morgan fingerprint density at radius 2 is 1.84 bits per heavy atom. The molecule has 0 aromatic heterocycles. The maximum absolute atomic E-state index is 11.8. The predicted octanol–water partition coefficient (Wildman–Crippen LogP) is 0.526. The summed E-state index contributed by atoms with van der Waals surface area (Å²) in [5.74, 6) is 0.124. The minimum atomic E-state index is -0.452. The van der Waals surface area contributed by atoms with Gasteiger partial charge in [-0.15, -0.1) is 0 Å². The van der Waals surface area contributed by atoms with Crippen molar-refractivity contribution < 1.29 is 9.59 Å². The van der Waals surface area contributed by atoms with Gasteiger partial charge >= 0.3 is 6.03 Å². The van der Waals surface area contributed by atoms with E-state index in [0.717, 1.165) is 13.0 Å². The second kappa shape index (κ2) is 8.87. The average molecular weight is 272 g/mol. The van der Waals surface area contributed by atoms with Gasteiger partial charge in [-0.3, -0.25) is 15.0 Å². The van der Waals surface area contributed by atoms with Gasteiger partial charge in [0.1, 0.15) is 0 Å². The van der Waals surface area contributed by atoms with Crippen molar-refractivity contribution in [1.82, 2.24) is 15.5 Å². The highest BCUT2D eigenvalue weighted by Gasteiger charge is 2.20. The summed E-state index contributed by atoms with van der Waals surface area (Å²) in [7, 11) is 1.86. The third-order valence-corrected chi connectivity index (χ3v) is 3.29. The second-order valence-electron chi connectivity index (χ2n) is 5.20. The summed E-state index contributed by atoms with van der Waals surface area (Å²) < 4.78 is 0. The highest BCUT2D eigenvalue weighted by molar-refractivity contribution is 5.96. The molecular formula is C13H28N4O2. The lowest BCUT2D eigenvalue weighted by Crippen LogP contribution is -2.49. The van der Waals surface area contributed by atoms with Crippen LogP contribution in [0.25, 0.3) is 0 Å². The summed E-state index contributed by atoms with van der Waals surface area (Å²) in [6.07, 6.45) is 0.826. The summed E-state index contributed by atoms with van der Waals surface area (Å²) >= 11 is 0. The lowest BCUT2D eigenvalue weighted by atomic mass is 10.0. The Kier molecular flexibility index (Phi) is 8.34. The third-order valence-electron chi connectivity index (χ3n) is 3.29. The van der Waals surface area contributed by atoms with E-state index in [9.17, 15) is 9.59 Å². The molecule has 0 fully saturated rings. The molecule has 4 N–H and O–H groups in total. The van der Waals surface area contributed by atoms with Crippen molar-refractivity contribution in [1.29, 1.82) is 0 Å². The Morgan fingerprint density at radius 1 is 1.26 bits per heavy atom. The molecule has 0 aliphatic heterocycles. The summed E-state index contributed by atoms with van der Waals surface area (Å²) in [6.45, 7) is 8.95. The van der Waals surface area contributed by atoms with Crippen LogP contribution in [0.4, 0.5) is 4.79 Å². The van der Waals surface area contributed by atoms with Crippen molar-refractivity contribution in [2.75, 3.05) is 20.1 Å². The highest BCUT2D eigenvalue weighted by atomic mass is 16.2. The van der Waals surface area contributed by atoms with Crippen LogP contribution in [0.3, 0.4) is 0 Å². The number of nitrogens with two attached hydrogens (primary N) is 1. The molecule has 19 heavy (non-hydrogen) atoms. The van der Waals surface area contributed by atoms with E-state index in [1.807, 2.05) is 11.9 Å². The van der Waals surface area contributed by atoms with Crippen LogP contribution in [-0.2, 0) is 4.79 Å². The zero-order chi connectivity index (χ0) is 15.0. The highest BCUT2D eigenvalue weighted by Crippen LogP contribution is 2.05. The zero-order valence-electron chi connectivity index (χ0n) is 12.7. The van der Waals surface area contributed by atoms with E-state index >= 15 is 0 Å². The maximum atomic E-state index is 11.8. The van der Waals surface area contributed by atoms with Gasteiger partial charge in [-0.2, -0.15) is 0 Å². The number of likely N-dealkylation sites (N-methyl/N-ethyl adjacent to an activating group) is 1. The summed E-state index contributed by atoms with van der Waals surface area (Å²) in [4.78, 5) is 25.0. The van der Waals surface area contributed by atoms with Gasteiger partial charge < -0.3 is 11.1 Å².